The van der Waals surface area contributed by atoms with Crippen LogP contribution in [0.4, 0.5) is 0 Å². The highest BCUT2D eigenvalue weighted by Crippen LogP contribution is 2.17. The molecular formula is C43H87NO4. The van der Waals surface area contributed by atoms with E-state index in [2.05, 4.69) is 19.2 Å². The van der Waals surface area contributed by atoms with Crippen molar-refractivity contribution in [3.8, 4) is 0 Å². The van der Waals surface area contributed by atoms with E-state index in [1.165, 1.54) is 186 Å². The maximum atomic E-state index is 12.4. The van der Waals surface area contributed by atoms with Gasteiger partial charge in [0.05, 0.1) is 18.8 Å². The summed E-state index contributed by atoms with van der Waals surface area (Å²) in [6.45, 7) is 4.24. The van der Waals surface area contributed by atoms with Crippen molar-refractivity contribution in [3.05, 3.63) is 0 Å². The van der Waals surface area contributed by atoms with Crippen LogP contribution in [-0.2, 0) is 4.79 Å². The minimum absolute atomic E-state index is 0.308. The molecule has 288 valence electrons. The average Bonchev–Trinajstić information content (AvgIpc) is 3.09. The van der Waals surface area contributed by atoms with Gasteiger partial charge < -0.3 is 20.6 Å². The number of aliphatic hydroxyl groups excluding tert-OH is 3. The topological polar surface area (TPSA) is 89.8 Å². The molecule has 0 saturated heterocycles. The number of amides is 1. The zero-order chi connectivity index (χ0) is 35.2. The van der Waals surface area contributed by atoms with E-state index < -0.39 is 24.2 Å². The van der Waals surface area contributed by atoms with Gasteiger partial charge in [-0.05, 0) is 12.8 Å². The van der Waals surface area contributed by atoms with Crippen LogP contribution in [0.5, 0.6) is 0 Å². The Kier molecular flexibility index (Phi) is 38.6. The smallest absolute Gasteiger partial charge is 0.249 e. The molecule has 0 aromatic heterocycles. The Morgan fingerprint density at radius 3 is 0.938 bits per heavy atom. The lowest BCUT2D eigenvalue weighted by Gasteiger charge is -2.23. The number of hydrogen-bond acceptors (Lipinski definition) is 4. The van der Waals surface area contributed by atoms with Gasteiger partial charge in [-0.2, -0.15) is 0 Å². The SMILES string of the molecule is CCCCCCCCCCCCCCCCCCCCCCCC(O)C(CO)NC(=O)C(O)CCCCCCCCCCCCCCC. The monoisotopic (exact) mass is 682 g/mol. The van der Waals surface area contributed by atoms with Crippen LogP contribution < -0.4 is 5.32 Å². The molecule has 0 radical (unpaired) electrons. The molecule has 0 aromatic carbocycles. The van der Waals surface area contributed by atoms with E-state index >= 15 is 0 Å². The molecule has 0 aromatic rings. The number of carbonyl (C=O) groups is 1. The summed E-state index contributed by atoms with van der Waals surface area (Å²) in [7, 11) is 0. The van der Waals surface area contributed by atoms with Gasteiger partial charge in [0.2, 0.25) is 5.91 Å². The molecule has 3 atom stereocenters. The molecular weight excluding hydrogens is 594 g/mol. The maximum absolute atomic E-state index is 12.4. The van der Waals surface area contributed by atoms with Crippen LogP contribution in [-0.4, -0.2) is 46.1 Å². The van der Waals surface area contributed by atoms with E-state index in [0.29, 0.717) is 12.8 Å². The van der Waals surface area contributed by atoms with Gasteiger partial charge in [-0.3, -0.25) is 4.79 Å². The molecule has 0 fully saturated rings. The molecule has 3 unspecified atom stereocenters. The van der Waals surface area contributed by atoms with E-state index in [-0.39, 0.29) is 6.61 Å². The molecule has 0 saturated carbocycles. The molecule has 5 nitrogen and oxygen atoms in total. The number of unbranched alkanes of at least 4 members (excludes halogenated alkanes) is 32. The van der Waals surface area contributed by atoms with E-state index in [4.69, 9.17) is 0 Å². The van der Waals surface area contributed by atoms with Gasteiger partial charge in [0, 0.05) is 0 Å². The molecule has 0 aliphatic rings. The third-order valence-electron chi connectivity index (χ3n) is 10.5. The summed E-state index contributed by atoms with van der Waals surface area (Å²) in [5, 5.41) is 33.3. The van der Waals surface area contributed by atoms with Crippen LogP contribution in [0.1, 0.15) is 245 Å². The first-order chi connectivity index (χ1) is 23.6. The minimum Gasteiger partial charge on any atom is -0.394 e. The standard InChI is InChI=1S/C43H87NO4/c1-3-5-7-9-11-13-15-17-18-19-20-21-22-23-24-26-27-29-31-33-35-37-41(46)40(39-45)44-43(48)42(47)38-36-34-32-30-28-25-16-14-12-10-8-6-4-2/h40-42,45-47H,3-39H2,1-2H3,(H,44,48). The molecule has 4 N–H and O–H groups in total. The van der Waals surface area contributed by atoms with Gasteiger partial charge in [-0.25, -0.2) is 0 Å². The molecule has 5 heteroatoms. The van der Waals surface area contributed by atoms with Crippen LogP contribution in [0.25, 0.3) is 0 Å². The Morgan fingerprint density at radius 2 is 0.667 bits per heavy atom. The fourth-order valence-corrected chi connectivity index (χ4v) is 7.02. The maximum Gasteiger partial charge on any atom is 0.249 e. The summed E-state index contributed by atoms with van der Waals surface area (Å²) in [5.41, 5.74) is 0. The number of aliphatic hydroxyl groups is 3. The number of hydrogen-bond donors (Lipinski definition) is 4. The van der Waals surface area contributed by atoms with E-state index in [0.717, 1.165) is 32.1 Å². The van der Waals surface area contributed by atoms with Gasteiger partial charge in [-0.15, -0.1) is 0 Å². The van der Waals surface area contributed by atoms with Crippen LogP contribution in [0, 0.1) is 0 Å². The van der Waals surface area contributed by atoms with Crippen molar-refractivity contribution in [2.45, 2.75) is 263 Å². The van der Waals surface area contributed by atoms with Crippen molar-refractivity contribution in [1.82, 2.24) is 5.32 Å². The Bertz CT molecular complexity index is 630. The molecule has 0 aliphatic carbocycles. The van der Waals surface area contributed by atoms with Crippen LogP contribution in [0.15, 0.2) is 0 Å². The van der Waals surface area contributed by atoms with Crippen LogP contribution in [0.3, 0.4) is 0 Å². The fraction of sp³-hybridized carbons (Fsp3) is 0.977. The van der Waals surface area contributed by atoms with Gasteiger partial charge in [0.15, 0.2) is 0 Å². The van der Waals surface area contributed by atoms with Crippen LogP contribution in [0.2, 0.25) is 0 Å². The normalized spacial score (nSPS) is 13.5. The van der Waals surface area contributed by atoms with Crippen molar-refractivity contribution in [1.29, 1.82) is 0 Å². The molecule has 0 heterocycles. The molecule has 0 bridgehead atoms. The summed E-state index contributed by atoms with van der Waals surface area (Å²) < 4.78 is 0. The molecule has 0 rings (SSSR count). The van der Waals surface area contributed by atoms with Gasteiger partial charge in [0.25, 0.3) is 0 Å². The molecule has 48 heavy (non-hydrogen) atoms. The second-order valence-corrected chi connectivity index (χ2v) is 15.3. The first kappa shape index (κ1) is 47.4. The number of carbonyl (C=O) groups excluding carboxylic acids is 1. The van der Waals surface area contributed by atoms with E-state index in [1.54, 1.807) is 0 Å². The highest BCUT2D eigenvalue weighted by atomic mass is 16.3. The van der Waals surface area contributed by atoms with Crippen molar-refractivity contribution in [3.63, 3.8) is 0 Å². The Morgan fingerprint density at radius 1 is 0.417 bits per heavy atom. The third-order valence-corrected chi connectivity index (χ3v) is 10.5. The van der Waals surface area contributed by atoms with E-state index in [9.17, 15) is 20.1 Å². The summed E-state index contributed by atoms with van der Waals surface area (Å²) in [6.07, 6.45) is 43.9. The summed E-state index contributed by atoms with van der Waals surface area (Å²) >= 11 is 0. The van der Waals surface area contributed by atoms with Crippen molar-refractivity contribution in [2.75, 3.05) is 6.61 Å². The summed E-state index contributed by atoms with van der Waals surface area (Å²) in [4.78, 5) is 12.4. The third kappa shape index (κ3) is 33.8. The predicted molar refractivity (Wildman–Crippen MR) is 209 cm³/mol. The highest BCUT2D eigenvalue weighted by molar-refractivity contribution is 5.80. The summed E-state index contributed by atoms with van der Waals surface area (Å²) in [6, 6.07) is -0.705. The van der Waals surface area contributed by atoms with Gasteiger partial charge in [0.1, 0.15) is 6.10 Å². The van der Waals surface area contributed by atoms with E-state index in [1.807, 2.05) is 0 Å². The lowest BCUT2D eigenvalue weighted by molar-refractivity contribution is -0.131. The Hall–Kier alpha value is -0.650. The number of nitrogens with one attached hydrogen (secondary N) is 1. The lowest BCUT2D eigenvalue weighted by atomic mass is 10.0. The predicted octanol–water partition coefficient (Wildman–Crippen LogP) is 12.3. The molecule has 0 spiro atoms. The molecule has 0 aliphatic heterocycles. The molecule has 1 amide bonds. The average molecular weight is 682 g/mol. The number of rotatable bonds is 40. The second kappa shape index (κ2) is 39.1. The van der Waals surface area contributed by atoms with Crippen molar-refractivity contribution >= 4 is 5.91 Å². The zero-order valence-electron chi connectivity index (χ0n) is 32.6. The van der Waals surface area contributed by atoms with Gasteiger partial charge in [-0.1, -0.05) is 232 Å². The fourth-order valence-electron chi connectivity index (χ4n) is 7.02. The van der Waals surface area contributed by atoms with Crippen molar-refractivity contribution < 1.29 is 20.1 Å². The highest BCUT2D eigenvalue weighted by Gasteiger charge is 2.23. The van der Waals surface area contributed by atoms with Crippen LogP contribution >= 0.6 is 0 Å². The lowest BCUT2D eigenvalue weighted by Crippen LogP contribution is -2.49. The zero-order valence-corrected chi connectivity index (χ0v) is 32.6. The second-order valence-electron chi connectivity index (χ2n) is 15.3. The van der Waals surface area contributed by atoms with Gasteiger partial charge >= 0.3 is 0 Å². The van der Waals surface area contributed by atoms with Crippen molar-refractivity contribution in [2.24, 2.45) is 0 Å². The first-order valence-electron chi connectivity index (χ1n) is 21.8. The first-order valence-corrected chi connectivity index (χ1v) is 21.8. The largest absolute Gasteiger partial charge is 0.394 e. The quantitative estimate of drug-likeness (QED) is 0.0485. The Labute approximate surface area is 300 Å². The minimum atomic E-state index is -1.07. The Balaban J connectivity index is 3.56. The summed E-state index contributed by atoms with van der Waals surface area (Å²) in [5.74, 6) is -0.467.